The quantitative estimate of drug-likeness (QED) is 0.470. The fourth-order valence-electron chi connectivity index (χ4n) is 6.02. The first kappa shape index (κ1) is 22.3. The molecule has 0 radical (unpaired) electrons. The summed E-state index contributed by atoms with van der Waals surface area (Å²) in [4.78, 5) is 52.7. The Balaban J connectivity index is 1.46. The lowest BCUT2D eigenvalue weighted by molar-refractivity contribution is -0.153. The number of ether oxygens (including phenoxy) is 1. The molecule has 1 N–H and O–H groups in total. The Hall–Kier alpha value is -1.92. The molecule has 0 bridgehead atoms. The molecular weight excluding hydrogens is 396 g/mol. The SMILES string of the molecule is COC(=O)C(=O)C(CC1CC1)NC(=O)C1C2C(CN1C(=O)CC1CCCCC1)C2(C)C. The topological polar surface area (TPSA) is 92.8 Å². The Morgan fingerprint density at radius 2 is 1.71 bits per heavy atom. The lowest BCUT2D eigenvalue weighted by Gasteiger charge is -2.32. The molecule has 2 amide bonds. The van der Waals surface area contributed by atoms with Gasteiger partial charge in [-0.2, -0.15) is 0 Å². The number of nitrogens with one attached hydrogen (secondary N) is 1. The van der Waals surface area contributed by atoms with Crippen molar-refractivity contribution in [3.8, 4) is 0 Å². The third kappa shape index (κ3) is 4.51. The second kappa shape index (κ2) is 8.55. The number of fused-ring (bicyclic) bond motifs is 1. The zero-order chi connectivity index (χ0) is 22.3. The van der Waals surface area contributed by atoms with Crippen LogP contribution >= 0.6 is 0 Å². The summed E-state index contributed by atoms with van der Waals surface area (Å²) in [7, 11) is 1.18. The van der Waals surface area contributed by atoms with E-state index < -0.39 is 23.8 Å². The molecule has 0 spiro atoms. The van der Waals surface area contributed by atoms with E-state index in [9.17, 15) is 19.2 Å². The van der Waals surface area contributed by atoms with Gasteiger partial charge in [-0.05, 0) is 48.3 Å². The fraction of sp³-hybridized carbons (Fsp3) is 0.833. The zero-order valence-corrected chi connectivity index (χ0v) is 19.0. The first-order valence-corrected chi connectivity index (χ1v) is 12.0. The molecule has 0 aromatic rings. The Morgan fingerprint density at radius 3 is 2.32 bits per heavy atom. The molecule has 4 aliphatic rings. The number of carbonyl (C=O) groups is 4. The molecule has 1 saturated heterocycles. The van der Waals surface area contributed by atoms with Gasteiger partial charge < -0.3 is 15.0 Å². The van der Waals surface area contributed by atoms with Crippen LogP contribution in [0.3, 0.4) is 0 Å². The lowest BCUT2D eigenvalue weighted by atomic mass is 9.86. The molecule has 7 heteroatoms. The maximum atomic E-state index is 13.4. The van der Waals surface area contributed by atoms with Crippen molar-refractivity contribution >= 4 is 23.6 Å². The van der Waals surface area contributed by atoms with Crippen LogP contribution in [0.15, 0.2) is 0 Å². The van der Waals surface area contributed by atoms with Crippen LogP contribution in [-0.2, 0) is 23.9 Å². The van der Waals surface area contributed by atoms with E-state index in [1.165, 1.54) is 26.4 Å². The number of rotatable bonds is 8. The van der Waals surface area contributed by atoms with E-state index in [-0.39, 0.29) is 23.1 Å². The first-order valence-electron chi connectivity index (χ1n) is 12.0. The van der Waals surface area contributed by atoms with E-state index in [1.54, 1.807) is 4.90 Å². The van der Waals surface area contributed by atoms with Crippen LogP contribution in [0.4, 0.5) is 0 Å². The number of ketones is 1. The van der Waals surface area contributed by atoms with Crippen molar-refractivity contribution in [2.24, 2.45) is 29.1 Å². The van der Waals surface area contributed by atoms with Gasteiger partial charge in [0.05, 0.1) is 13.2 Å². The van der Waals surface area contributed by atoms with E-state index in [2.05, 4.69) is 23.9 Å². The van der Waals surface area contributed by atoms with Gasteiger partial charge >= 0.3 is 5.97 Å². The minimum absolute atomic E-state index is 0.0158. The van der Waals surface area contributed by atoms with Crippen LogP contribution in [-0.4, -0.2) is 54.2 Å². The molecule has 4 atom stereocenters. The molecule has 3 saturated carbocycles. The van der Waals surface area contributed by atoms with Gasteiger partial charge in [0.15, 0.2) is 0 Å². The van der Waals surface area contributed by atoms with Gasteiger partial charge in [0, 0.05) is 13.0 Å². The highest BCUT2D eigenvalue weighted by Crippen LogP contribution is 2.65. The van der Waals surface area contributed by atoms with Crippen molar-refractivity contribution in [1.82, 2.24) is 10.2 Å². The average Bonchev–Trinajstić information content (AvgIpc) is 3.60. The normalized spacial score (nSPS) is 30.3. The summed E-state index contributed by atoms with van der Waals surface area (Å²) in [6, 6.07) is -1.42. The standard InChI is InChI=1S/C24H36N2O5/c1-24(2)16-13-26(18(27)12-14-7-5-4-6-8-14)20(19(16)24)22(29)25-17(11-15-9-10-15)21(28)23(30)31-3/h14-17,19-20H,4-13H2,1-3H3,(H,25,29). The number of hydrogen-bond donors (Lipinski definition) is 1. The van der Waals surface area contributed by atoms with Gasteiger partial charge in [-0.25, -0.2) is 4.79 Å². The van der Waals surface area contributed by atoms with Crippen LogP contribution < -0.4 is 5.32 Å². The van der Waals surface area contributed by atoms with Crippen LogP contribution in [0.25, 0.3) is 0 Å². The van der Waals surface area contributed by atoms with E-state index in [4.69, 9.17) is 0 Å². The Bertz CT molecular complexity index is 753. The highest BCUT2D eigenvalue weighted by Gasteiger charge is 2.69. The minimum atomic E-state index is -0.924. The van der Waals surface area contributed by atoms with Crippen LogP contribution in [0.5, 0.6) is 0 Å². The molecule has 7 nitrogen and oxygen atoms in total. The van der Waals surface area contributed by atoms with E-state index >= 15 is 0 Å². The summed E-state index contributed by atoms with van der Waals surface area (Å²) in [6.45, 7) is 4.90. The molecule has 0 aromatic carbocycles. The van der Waals surface area contributed by atoms with Crippen LogP contribution in [0, 0.1) is 29.1 Å². The fourth-order valence-corrected chi connectivity index (χ4v) is 6.02. The summed E-state index contributed by atoms with van der Waals surface area (Å²) < 4.78 is 4.60. The Labute approximate surface area is 184 Å². The number of likely N-dealkylation sites (tertiary alicyclic amines) is 1. The second-order valence-corrected chi connectivity index (χ2v) is 10.7. The van der Waals surface area contributed by atoms with Gasteiger partial charge in [0.25, 0.3) is 5.78 Å². The second-order valence-electron chi connectivity index (χ2n) is 10.7. The maximum absolute atomic E-state index is 13.4. The van der Waals surface area contributed by atoms with Crippen LogP contribution in [0.1, 0.15) is 71.6 Å². The molecule has 172 valence electrons. The van der Waals surface area contributed by atoms with Crippen molar-refractivity contribution in [2.75, 3.05) is 13.7 Å². The van der Waals surface area contributed by atoms with Crippen molar-refractivity contribution in [3.05, 3.63) is 0 Å². The number of nitrogens with zero attached hydrogens (tertiary/aromatic N) is 1. The van der Waals surface area contributed by atoms with Gasteiger partial charge in [0.1, 0.15) is 6.04 Å². The third-order valence-corrected chi connectivity index (χ3v) is 8.27. The number of piperidine rings is 1. The largest absolute Gasteiger partial charge is 0.463 e. The van der Waals surface area contributed by atoms with E-state index in [1.807, 2.05) is 0 Å². The smallest absolute Gasteiger partial charge is 0.376 e. The molecule has 0 aromatic heterocycles. The number of carbonyl (C=O) groups excluding carboxylic acids is 4. The predicted octanol–water partition coefficient (Wildman–Crippen LogP) is 2.47. The summed E-state index contributed by atoms with van der Waals surface area (Å²) >= 11 is 0. The molecule has 31 heavy (non-hydrogen) atoms. The molecular formula is C24H36N2O5. The highest BCUT2D eigenvalue weighted by atomic mass is 16.5. The number of esters is 1. The van der Waals surface area contributed by atoms with Crippen molar-refractivity contribution in [3.63, 3.8) is 0 Å². The Morgan fingerprint density at radius 1 is 1.03 bits per heavy atom. The lowest BCUT2D eigenvalue weighted by Crippen LogP contribution is -2.54. The molecule has 1 heterocycles. The number of amides is 2. The maximum Gasteiger partial charge on any atom is 0.376 e. The van der Waals surface area contributed by atoms with E-state index in [0.717, 1.165) is 25.7 Å². The Kier molecular flexibility index (Phi) is 6.14. The monoisotopic (exact) mass is 432 g/mol. The zero-order valence-electron chi connectivity index (χ0n) is 19.0. The molecule has 3 aliphatic carbocycles. The minimum Gasteiger partial charge on any atom is -0.463 e. The van der Waals surface area contributed by atoms with Gasteiger partial charge in [-0.15, -0.1) is 0 Å². The summed E-state index contributed by atoms with van der Waals surface area (Å²) in [5.74, 6) is -0.657. The molecule has 1 aliphatic heterocycles. The number of hydrogen-bond acceptors (Lipinski definition) is 5. The molecule has 4 unspecified atom stereocenters. The summed E-state index contributed by atoms with van der Waals surface area (Å²) in [5.41, 5.74) is 0.0158. The predicted molar refractivity (Wildman–Crippen MR) is 114 cm³/mol. The van der Waals surface area contributed by atoms with Gasteiger partial charge in [-0.3, -0.25) is 14.4 Å². The molecule has 4 fully saturated rings. The molecule has 4 rings (SSSR count). The number of Topliss-reactive ketones (excluding diaryl/α,β-unsaturated/α-hetero) is 1. The van der Waals surface area contributed by atoms with Gasteiger partial charge in [-0.1, -0.05) is 46.0 Å². The highest BCUT2D eigenvalue weighted by molar-refractivity contribution is 6.36. The number of methoxy groups -OCH3 is 1. The van der Waals surface area contributed by atoms with Crippen molar-refractivity contribution < 1.29 is 23.9 Å². The van der Waals surface area contributed by atoms with E-state index in [0.29, 0.717) is 37.1 Å². The van der Waals surface area contributed by atoms with Gasteiger partial charge in [0.2, 0.25) is 11.8 Å². The summed E-state index contributed by atoms with van der Waals surface area (Å²) in [6.07, 6.45) is 8.77. The summed E-state index contributed by atoms with van der Waals surface area (Å²) in [5, 5.41) is 2.85. The first-order chi connectivity index (χ1) is 14.7. The van der Waals surface area contributed by atoms with Crippen molar-refractivity contribution in [1.29, 1.82) is 0 Å². The third-order valence-electron chi connectivity index (χ3n) is 8.27. The average molecular weight is 433 g/mol. The van der Waals surface area contributed by atoms with Crippen molar-refractivity contribution in [2.45, 2.75) is 83.7 Å². The van der Waals surface area contributed by atoms with Crippen LogP contribution in [0.2, 0.25) is 0 Å².